The molecule has 11 heteroatoms. The van der Waals surface area contributed by atoms with Gasteiger partial charge in [0.25, 0.3) is 10.0 Å². The second-order valence-electron chi connectivity index (χ2n) is 10.7. The Labute approximate surface area is 261 Å². The number of halogens is 3. The molecule has 7 nitrogen and oxygen atoms in total. The molecule has 0 aromatic heterocycles. The van der Waals surface area contributed by atoms with Gasteiger partial charge in [0, 0.05) is 20.0 Å². The van der Waals surface area contributed by atoms with E-state index in [0.29, 0.717) is 15.9 Å². The Balaban J connectivity index is 1.83. The number of likely N-dealkylation sites (N-methyl/N-ethyl adjacent to an activating group) is 1. The summed E-state index contributed by atoms with van der Waals surface area (Å²) in [6.07, 6.45) is -4.64. The molecule has 236 valence electrons. The molecule has 0 unspecified atom stereocenters. The first kappa shape index (κ1) is 33.3. The first-order chi connectivity index (χ1) is 21.3. The third-order valence-corrected chi connectivity index (χ3v) is 9.09. The number of carbonyl (C=O) groups is 2. The van der Waals surface area contributed by atoms with Gasteiger partial charge in [0.2, 0.25) is 11.8 Å². The Morgan fingerprint density at radius 3 is 2.07 bits per heavy atom. The Kier molecular flexibility index (Phi) is 10.3. The standard InChI is InChI=1S/C34H34F3N3O4S/c1-24-15-17-30(18-16-24)45(43,44)40(29-14-8-13-28(21-29)34(35,36)37)23-32(41)39(22-27-12-7-9-25(2)19-27)31(33(42)38-3)20-26-10-5-4-6-11-26/h4-19,21,31H,20,22-23H2,1-3H3,(H,38,42)/t31-/m0/s1. The average molecular weight is 638 g/mol. The zero-order valence-electron chi connectivity index (χ0n) is 25.1. The molecule has 0 aliphatic rings. The lowest BCUT2D eigenvalue weighted by atomic mass is 10.0. The molecule has 0 saturated carbocycles. The number of rotatable bonds is 11. The van der Waals surface area contributed by atoms with E-state index in [4.69, 9.17) is 0 Å². The van der Waals surface area contributed by atoms with Gasteiger partial charge in [-0.1, -0.05) is 83.9 Å². The van der Waals surface area contributed by atoms with Crippen LogP contribution in [0.2, 0.25) is 0 Å². The molecule has 0 heterocycles. The minimum Gasteiger partial charge on any atom is -0.357 e. The van der Waals surface area contributed by atoms with Gasteiger partial charge in [0.15, 0.2) is 0 Å². The van der Waals surface area contributed by atoms with E-state index in [1.165, 1.54) is 30.1 Å². The van der Waals surface area contributed by atoms with E-state index >= 15 is 0 Å². The Morgan fingerprint density at radius 1 is 0.800 bits per heavy atom. The number of carbonyl (C=O) groups excluding carboxylic acids is 2. The Morgan fingerprint density at radius 2 is 1.44 bits per heavy atom. The van der Waals surface area contributed by atoms with Crippen LogP contribution in [0.3, 0.4) is 0 Å². The number of alkyl halides is 3. The SMILES string of the molecule is CNC(=O)[C@H](Cc1ccccc1)N(Cc1cccc(C)c1)C(=O)CN(c1cccc(C(F)(F)F)c1)S(=O)(=O)c1ccc(C)cc1. The predicted octanol–water partition coefficient (Wildman–Crippen LogP) is 5.90. The third kappa shape index (κ3) is 8.30. The van der Waals surface area contributed by atoms with Crippen LogP contribution >= 0.6 is 0 Å². The van der Waals surface area contributed by atoms with E-state index in [2.05, 4.69) is 5.32 Å². The monoisotopic (exact) mass is 637 g/mol. The fraction of sp³-hybridized carbons (Fsp3) is 0.235. The molecule has 45 heavy (non-hydrogen) atoms. The molecule has 2 amide bonds. The number of nitrogens with zero attached hydrogens (tertiary/aromatic N) is 2. The smallest absolute Gasteiger partial charge is 0.357 e. The lowest BCUT2D eigenvalue weighted by Gasteiger charge is -2.33. The Hall–Kier alpha value is -4.64. The fourth-order valence-electron chi connectivity index (χ4n) is 4.93. The van der Waals surface area contributed by atoms with Crippen molar-refractivity contribution in [3.05, 3.63) is 131 Å². The van der Waals surface area contributed by atoms with E-state index in [9.17, 15) is 31.2 Å². The Bertz CT molecular complexity index is 1740. The van der Waals surface area contributed by atoms with Gasteiger partial charge in [-0.3, -0.25) is 13.9 Å². The second-order valence-corrected chi connectivity index (χ2v) is 12.6. The van der Waals surface area contributed by atoms with Gasteiger partial charge in [-0.2, -0.15) is 13.2 Å². The van der Waals surface area contributed by atoms with Gasteiger partial charge < -0.3 is 10.2 Å². The molecule has 1 N–H and O–H groups in total. The molecule has 0 bridgehead atoms. The molecular weight excluding hydrogens is 603 g/mol. The minimum absolute atomic E-state index is 0.0492. The predicted molar refractivity (Wildman–Crippen MR) is 167 cm³/mol. The van der Waals surface area contributed by atoms with Crippen LogP contribution in [-0.2, 0) is 38.8 Å². The number of aryl methyl sites for hydroxylation is 2. The van der Waals surface area contributed by atoms with Crippen LogP contribution in [0.1, 0.15) is 27.8 Å². The van der Waals surface area contributed by atoms with Crippen molar-refractivity contribution >= 4 is 27.5 Å². The fourth-order valence-corrected chi connectivity index (χ4v) is 6.34. The summed E-state index contributed by atoms with van der Waals surface area (Å²) >= 11 is 0. The summed E-state index contributed by atoms with van der Waals surface area (Å²) < 4.78 is 69.8. The molecule has 0 aliphatic carbocycles. The van der Waals surface area contributed by atoms with Crippen molar-refractivity contribution in [3.8, 4) is 0 Å². The zero-order chi connectivity index (χ0) is 32.8. The number of amides is 2. The highest BCUT2D eigenvalue weighted by Crippen LogP contribution is 2.33. The quantitative estimate of drug-likeness (QED) is 0.222. The number of sulfonamides is 1. The first-order valence-corrected chi connectivity index (χ1v) is 15.6. The van der Waals surface area contributed by atoms with Gasteiger partial charge in [-0.15, -0.1) is 0 Å². The highest BCUT2D eigenvalue weighted by molar-refractivity contribution is 7.92. The van der Waals surface area contributed by atoms with E-state index in [1.54, 1.807) is 43.3 Å². The first-order valence-electron chi connectivity index (χ1n) is 14.2. The maximum atomic E-state index is 14.3. The van der Waals surface area contributed by atoms with Gasteiger partial charge in [0.1, 0.15) is 12.6 Å². The molecule has 0 aliphatic heterocycles. The van der Waals surface area contributed by atoms with Crippen LogP contribution in [0.15, 0.2) is 108 Å². The molecule has 0 radical (unpaired) electrons. The summed E-state index contributed by atoms with van der Waals surface area (Å²) in [7, 11) is -3.10. The van der Waals surface area contributed by atoms with Crippen molar-refractivity contribution in [2.24, 2.45) is 0 Å². The highest BCUT2D eigenvalue weighted by atomic mass is 32.2. The lowest BCUT2D eigenvalue weighted by Crippen LogP contribution is -2.53. The second kappa shape index (κ2) is 14.0. The van der Waals surface area contributed by atoms with Crippen LogP contribution in [0, 0.1) is 13.8 Å². The number of anilines is 1. The van der Waals surface area contributed by atoms with Gasteiger partial charge in [-0.05, 0) is 55.3 Å². The van der Waals surface area contributed by atoms with E-state index in [-0.39, 0.29) is 23.5 Å². The summed E-state index contributed by atoms with van der Waals surface area (Å²) in [6.45, 7) is 2.73. The van der Waals surface area contributed by atoms with Crippen LogP contribution in [0.25, 0.3) is 0 Å². The van der Waals surface area contributed by atoms with Gasteiger partial charge >= 0.3 is 6.18 Å². The van der Waals surface area contributed by atoms with Gasteiger partial charge in [0.05, 0.1) is 16.1 Å². The van der Waals surface area contributed by atoms with Crippen molar-refractivity contribution in [3.63, 3.8) is 0 Å². The third-order valence-electron chi connectivity index (χ3n) is 7.30. The van der Waals surface area contributed by atoms with Crippen molar-refractivity contribution in [1.82, 2.24) is 10.2 Å². The molecule has 4 aromatic rings. The van der Waals surface area contributed by atoms with E-state index < -0.39 is 46.2 Å². The molecule has 4 aromatic carbocycles. The van der Waals surface area contributed by atoms with Crippen molar-refractivity contribution in [1.29, 1.82) is 0 Å². The van der Waals surface area contributed by atoms with Crippen LogP contribution < -0.4 is 9.62 Å². The molecule has 4 rings (SSSR count). The summed E-state index contributed by atoms with van der Waals surface area (Å²) in [4.78, 5) is 28.7. The van der Waals surface area contributed by atoms with Gasteiger partial charge in [-0.25, -0.2) is 8.42 Å². The normalized spacial score (nSPS) is 12.3. The van der Waals surface area contributed by atoms with Crippen LogP contribution in [-0.4, -0.2) is 44.8 Å². The summed E-state index contributed by atoms with van der Waals surface area (Å²) in [5, 5.41) is 2.60. The molecular formula is C34H34F3N3O4S. The maximum Gasteiger partial charge on any atom is 0.416 e. The molecule has 0 fully saturated rings. The summed E-state index contributed by atoms with van der Waals surface area (Å²) in [5.41, 5.74) is 1.73. The molecule has 1 atom stereocenters. The van der Waals surface area contributed by atoms with E-state index in [1.807, 2.05) is 37.3 Å². The topological polar surface area (TPSA) is 86.8 Å². The van der Waals surface area contributed by atoms with Crippen molar-refractivity contribution in [2.45, 2.75) is 43.9 Å². The zero-order valence-corrected chi connectivity index (χ0v) is 25.9. The average Bonchev–Trinajstić information content (AvgIpc) is 3.01. The maximum absolute atomic E-state index is 14.3. The molecule has 0 saturated heterocycles. The van der Waals surface area contributed by atoms with Crippen LogP contribution in [0.4, 0.5) is 18.9 Å². The lowest BCUT2D eigenvalue weighted by molar-refractivity contribution is -0.139. The summed E-state index contributed by atoms with van der Waals surface area (Å²) in [5.74, 6) is -1.25. The largest absolute Gasteiger partial charge is 0.416 e. The van der Waals surface area contributed by atoms with Crippen molar-refractivity contribution in [2.75, 3.05) is 17.9 Å². The minimum atomic E-state index is -4.75. The number of hydrogen-bond donors (Lipinski definition) is 1. The number of hydrogen-bond acceptors (Lipinski definition) is 4. The number of nitrogens with one attached hydrogen (secondary N) is 1. The van der Waals surface area contributed by atoms with E-state index in [0.717, 1.165) is 28.8 Å². The number of benzene rings is 4. The van der Waals surface area contributed by atoms with Crippen molar-refractivity contribution < 1.29 is 31.2 Å². The molecule has 0 spiro atoms. The van der Waals surface area contributed by atoms with Crippen LogP contribution in [0.5, 0.6) is 0 Å². The highest BCUT2D eigenvalue weighted by Gasteiger charge is 2.36. The summed E-state index contributed by atoms with van der Waals surface area (Å²) in [6, 6.07) is 24.9.